The lowest BCUT2D eigenvalue weighted by molar-refractivity contribution is -0.116. The van der Waals surface area contributed by atoms with Gasteiger partial charge in [-0.25, -0.2) is 4.98 Å². The van der Waals surface area contributed by atoms with Crippen LogP contribution in [-0.4, -0.2) is 18.0 Å². The number of anilines is 1. The number of nitrogens with one attached hydrogen (secondary N) is 1. The van der Waals surface area contributed by atoms with Crippen molar-refractivity contribution in [3.05, 3.63) is 40.6 Å². The first-order chi connectivity index (χ1) is 10.2. The van der Waals surface area contributed by atoms with E-state index in [0.29, 0.717) is 11.6 Å². The Balaban J connectivity index is 1.65. The van der Waals surface area contributed by atoms with E-state index < -0.39 is 0 Å². The first kappa shape index (κ1) is 14.0. The Morgan fingerprint density at radius 1 is 1.38 bits per heavy atom. The number of rotatable bonds is 5. The average molecular weight is 318 g/mol. The fourth-order valence-corrected chi connectivity index (χ4v) is 3.57. The number of ether oxygens (including phenoxy) is 1. The number of hydrogen-bond acceptors (Lipinski definition) is 5. The van der Waals surface area contributed by atoms with Crippen LogP contribution in [0.25, 0.3) is 10.2 Å². The van der Waals surface area contributed by atoms with Gasteiger partial charge in [-0.15, -0.1) is 0 Å². The monoisotopic (exact) mass is 318 g/mol. The third-order valence-corrected chi connectivity index (χ3v) is 4.73. The van der Waals surface area contributed by atoms with Gasteiger partial charge in [0.2, 0.25) is 5.91 Å². The molecule has 0 radical (unpaired) electrons. The SMILES string of the molecule is COc1ccc2nc(NC(=O)CCc3ccsc3)sc2c1. The Morgan fingerprint density at radius 3 is 3.05 bits per heavy atom. The van der Waals surface area contributed by atoms with E-state index in [4.69, 9.17) is 4.74 Å². The number of carbonyl (C=O) groups is 1. The van der Waals surface area contributed by atoms with Crippen molar-refractivity contribution >= 4 is 43.9 Å². The van der Waals surface area contributed by atoms with Crippen LogP contribution in [0.2, 0.25) is 0 Å². The van der Waals surface area contributed by atoms with Crippen molar-refractivity contribution < 1.29 is 9.53 Å². The minimum atomic E-state index is -0.00720. The van der Waals surface area contributed by atoms with Crippen molar-refractivity contribution in [2.24, 2.45) is 0 Å². The molecular weight excluding hydrogens is 304 g/mol. The molecular formula is C15H14N2O2S2. The zero-order valence-corrected chi connectivity index (χ0v) is 13.1. The van der Waals surface area contributed by atoms with Gasteiger partial charge in [-0.1, -0.05) is 11.3 Å². The smallest absolute Gasteiger partial charge is 0.226 e. The zero-order valence-electron chi connectivity index (χ0n) is 11.5. The number of aryl methyl sites for hydroxylation is 1. The maximum absolute atomic E-state index is 11.9. The molecule has 2 aromatic heterocycles. The molecule has 0 aliphatic heterocycles. The van der Waals surface area contributed by atoms with E-state index in [1.165, 1.54) is 16.9 Å². The molecule has 1 N–H and O–H groups in total. The molecule has 0 aliphatic rings. The number of thiophene rings is 1. The van der Waals surface area contributed by atoms with E-state index in [-0.39, 0.29) is 5.91 Å². The molecule has 6 heteroatoms. The summed E-state index contributed by atoms with van der Waals surface area (Å²) < 4.78 is 6.19. The summed E-state index contributed by atoms with van der Waals surface area (Å²) in [5, 5.41) is 7.58. The number of thiazole rings is 1. The molecule has 21 heavy (non-hydrogen) atoms. The van der Waals surface area contributed by atoms with E-state index in [1.54, 1.807) is 18.4 Å². The van der Waals surface area contributed by atoms with Crippen molar-refractivity contribution in [3.8, 4) is 5.75 Å². The molecule has 0 spiro atoms. The summed E-state index contributed by atoms with van der Waals surface area (Å²) in [5.74, 6) is 0.786. The molecule has 3 rings (SSSR count). The van der Waals surface area contributed by atoms with Gasteiger partial charge in [0.1, 0.15) is 5.75 Å². The maximum Gasteiger partial charge on any atom is 0.226 e. The van der Waals surface area contributed by atoms with Crippen LogP contribution >= 0.6 is 22.7 Å². The maximum atomic E-state index is 11.9. The molecule has 0 fully saturated rings. The minimum Gasteiger partial charge on any atom is -0.497 e. The van der Waals surface area contributed by atoms with Gasteiger partial charge in [0.05, 0.1) is 17.3 Å². The number of aromatic nitrogens is 1. The van der Waals surface area contributed by atoms with Crippen LogP contribution in [0, 0.1) is 0 Å². The standard InChI is InChI=1S/C15H14N2O2S2/c1-19-11-3-4-12-13(8-11)21-15(16-12)17-14(18)5-2-10-6-7-20-9-10/h3-4,6-9H,2,5H2,1H3,(H,16,17,18). The molecule has 1 amide bonds. The quantitative estimate of drug-likeness (QED) is 0.775. The number of fused-ring (bicyclic) bond motifs is 1. The molecule has 0 saturated carbocycles. The number of nitrogens with zero attached hydrogens (tertiary/aromatic N) is 1. The molecule has 0 unspecified atom stereocenters. The molecule has 0 bridgehead atoms. The molecule has 1 aromatic carbocycles. The summed E-state index contributed by atoms with van der Waals surface area (Å²) in [4.78, 5) is 16.3. The summed E-state index contributed by atoms with van der Waals surface area (Å²) in [5.41, 5.74) is 2.07. The van der Waals surface area contributed by atoms with E-state index in [9.17, 15) is 4.79 Å². The summed E-state index contributed by atoms with van der Waals surface area (Å²) in [7, 11) is 1.63. The van der Waals surface area contributed by atoms with Gasteiger partial charge < -0.3 is 10.1 Å². The third-order valence-electron chi connectivity index (χ3n) is 3.06. The fraction of sp³-hybridized carbons (Fsp3) is 0.200. The summed E-state index contributed by atoms with van der Waals surface area (Å²) in [6.45, 7) is 0. The molecule has 4 nitrogen and oxygen atoms in total. The van der Waals surface area contributed by atoms with Crippen LogP contribution in [0.5, 0.6) is 5.75 Å². The number of carbonyl (C=O) groups excluding carboxylic acids is 1. The highest BCUT2D eigenvalue weighted by atomic mass is 32.1. The second kappa shape index (κ2) is 6.24. The molecule has 108 valence electrons. The second-order valence-corrected chi connectivity index (χ2v) is 6.34. The van der Waals surface area contributed by atoms with Gasteiger partial charge in [-0.3, -0.25) is 4.79 Å². The Bertz CT molecular complexity index is 750. The lowest BCUT2D eigenvalue weighted by Crippen LogP contribution is -2.11. The lowest BCUT2D eigenvalue weighted by atomic mass is 10.2. The largest absolute Gasteiger partial charge is 0.497 e. The lowest BCUT2D eigenvalue weighted by Gasteiger charge is -1.99. The molecule has 3 aromatic rings. The van der Waals surface area contributed by atoms with Crippen molar-refractivity contribution in [2.75, 3.05) is 12.4 Å². The number of hydrogen-bond donors (Lipinski definition) is 1. The second-order valence-electron chi connectivity index (χ2n) is 4.53. The van der Waals surface area contributed by atoms with E-state index >= 15 is 0 Å². The summed E-state index contributed by atoms with van der Waals surface area (Å²) >= 11 is 3.11. The zero-order chi connectivity index (χ0) is 14.7. The van der Waals surface area contributed by atoms with Crippen molar-refractivity contribution in [1.82, 2.24) is 4.98 Å². The van der Waals surface area contributed by atoms with Gasteiger partial charge in [0, 0.05) is 6.42 Å². The van der Waals surface area contributed by atoms with E-state index in [1.807, 2.05) is 29.6 Å². The predicted molar refractivity (Wildman–Crippen MR) is 87.4 cm³/mol. The van der Waals surface area contributed by atoms with Crippen LogP contribution in [0.15, 0.2) is 35.0 Å². The Labute approximate surface area is 130 Å². The van der Waals surface area contributed by atoms with Crippen LogP contribution in [0.3, 0.4) is 0 Å². The minimum absolute atomic E-state index is 0.00720. The Kier molecular flexibility index (Phi) is 4.17. The van der Waals surface area contributed by atoms with Gasteiger partial charge in [0.25, 0.3) is 0 Å². The van der Waals surface area contributed by atoms with Gasteiger partial charge in [-0.05, 0) is 47.0 Å². The van der Waals surface area contributed by atoms with Crippen LogP contribution in [0.4, 0.5) is 5.13 Å². The normalized spacial score (nSPS) is 10.7. The molecule has 2 heterocycles. The van der Waals surface area contributed by atoms with Gasteiger partial charge >= 0.3 is 0 Å². The third kappa shape index (κ3) is 3.40. The van der Waals surface area contributed by atoms with Gasteiger partial charge in [0.15, 0.2) is 5.13 Å². The van der Waals surface area contributed by atoms with E-state index in [2.05, 4.69) is 15.7 Å². The Hall–Kier alpha value is -1.92. The first-order valence-electron chi connectivity index (χ1n) is 6.50. The van der Waals surface area contributed by atoms with Crippen LogP contribution in [-0.2, 0) is 11.2 Å². The van der Waals surface area contributed by atoms with E-state index in [0.717, 1.165) is 22.4 Å². The van der Waals surface area contributed by atoms with Crippen molar-refractivity contribution in [2.45, 2.75) is 12.8 Å². The molecule has 0 saturated heterocycles. The highest BCUT2D eigenvalue weighted by Crippen LogP contribution is 2.29. The fourth-order valence-electron chi connectivity index (χ4n) is 1.96. The van der Waals surface area contributed by atoms with Crippen molar-refractivity contribution in [1.29, 1.82) is 0 Å². The molecule has 0 aliphatic carbocycles. The number of amides is 1. The summed E-state index contributed by atoms with van der Waals surface area (Å²) in [6.07, 6.45) is 1.23. The Morgan fingerprint density at radius 2 is 2.29 bits per heavy atom. The number of benzene rings is 1. The van der Waals surface area contributed by atoms with Crippen molar-refractivity contribution in [3.63, 3.8) is 0 Å². The number of methoxy groups -OCH3 is 1. The first-order valence-corrected chi connectivity index (χ1v) is 8.26. The highest BCUT2D eigenvalue weighted by Gasteiger charge is 2.09. The summed E-state index contributed by atoms with van der Waals surface area (Å²) in [6, 6.07) is 7.73. The average Bonchev–Trinajstić information content (AvgIpc) is 3.13. The molecule has 0 atom stereocenters. The van der Waals surface area contributed by atoms with Crippen LogP contribution in [0.1, 0.15) is 12.0 Å². The highest BCUT2D eigenvalue weighted by molar-refractivity contribution is 7.22. The van der Waals surface area contributed by atoms with Gasteiger partial charge in [-0.2, -0.15) is 11.3 Å². The van der Waals surface area contributed by atoms with Crippen LogP contribution < -0.4 is 10.1 Å². The topological polar surface area (TPSA) is 51.2 Å². The predicted octanol–water partition coefficient (Wildman–Crippen LogP) is 3.94.